The van der Waals surface area contributed by atoms with Crippen molar-refractivity contribution in [2.24, 2.45) is 5.73 Å². The number of nitrogens with zero attached hydrogens (tertiary/aromatic N) is 4. The summed E-state index contributed by atoms with van der Waals surface area (Å²) in [6.45, 7) is 2.38. The van der Waals surface area contributed by atoms with Crippen molar-refractivity contribution < 1.29 is 23.9 Å². The molecule has 2 amide bonds. The van der Waals surface area contributed by atoms with Gasteiger partial charge in [-0.05, 0) is 44.0 Å². The van der Waals surface area contributed by atoms with Crippen LogP contribution < -0.4 is 5.73 Å². The highest BCUT2D eigenvalue weighted by atomic mass is 19.1. The number of halogens is 1. The monoisotopic (exact) mass is 461 g/mol. The topological polar surface area (TPSA) is 110 Å². The fourth-order valence-corrected chi connectivity index (χ4v) is 4.34. The molecule has 10 heteroatoms. The molecule has 2 aliphatic heterocycles. The van der Waals surface area contributed by atoms with Crippen molar-refractivity contribution in [3.05, 3.63) is 47.0 Å². The number of benzene rings is 1. The number of rotatable bonds is 7. The second-order valence-electron chi connectivity index (χ2n) is 8.59. The molecule has 1 unspecified atom stereocenters. The molecule has 0 bridgehead atoms. The van der Waals surface area contributed by atoms with Crippen LogP contribution in [0.4, 0.5) is 4.39 Å². The van der Waals surface area contributed by atoms with E-state index < -0.39 is 29.9 Å². The van der Waals surface area contributed by atoms with Gasteiger partial charge in [0, 0.05) is 27.2 Å². The van der Waals surface area contributed by atoms with Crippen molar-refractivity contribution in [2.45, 2.75) is 45.1 Å². The number of hydrogen-bond donors (Lipinski definition) is 2. The van der Waals surface area contributed by atoms with E-state index in [0.29, 0.717) is 18.5 Å². The molecule has 0 aromatic heterocycles. The largest absolute Gasteiger partial charge is 0.384 e. The number of nitrogens with two attached hydrogens (primary N) is 1. The Balaban J connectivity index is 1.89. The fourth-order valence-electron chi connectivity index (χ4n) is 4.34. The number of likely N-dealkylation sites (tertiary alicyclic amines) is 1. The summed E-state index contributed by atoms with van der Waals surface area (Å²) in [5.41, 5.74) is 6.71. The Kier molecular flexibility index (Phi) is 7.70. The normalized spacial score (nSPS) is 22.0. The van der Waals surface area contributed by atoms with E-state index in [2.05, 4.69) is 0 Å². The third-order valence-electron chi connectivity index (χ3n) is 6.17. The van der Waals surface area contributed by atoms with Gasteiger partial charge < -0.3 is 20.6 Å². The summed E-state index contributed by atoms with van der Waals surface area (Å²) in [5, 5.41) is 10.8. The Hall–Kier alpha value is -2.98. The van der Waals surface area contributed by atoms with Gasteiger partial charge >= 0.3 is 0 Å². The Labute approximate surface area is 193 Å². The predicted molar refractivity (Wildman–Crippen MR) is 119 cm³/mol. The molecule has 2 aliphatic rings. The molecular formula is C23H32FN5O4. The molecule has 2 heterocycles. The molecule has 33 heavy (non-hydrogen) atoms. The Bertz CT molecular complexity index is 933. The molecule has 2 atom stereocenters. The van der Waals surface area contributed by atoms with E-state index in [-0.39, 0.29) is 36.9 Å². The summed E-state index contributed by atoms with van der Waals surface area (Å²) in [4.78, 5) is 44.8. The minimum Gasteiger partial charge on any atom is -0.384 e. The summed E-state index contributed by atoms with van der Waals surface area (Å²) in [5.74, 6) is -1.74. The first-order valence-electron chi connectivity index (χ1n) is 11.1. The number of piperidine rings is 1. The number of carbonyl (C=O) groups is 3. The molecular weight excluding hydrogens is 429 g/mol. The van der Waals surface area contributed by atoms with Crippen molar-refractivity contribution in [1.82, 2.24) is 19.6 Å². The second kappa shape index (κ2) is 10.3. The lowest BCUT2D eigenvalue weighted by atomic mass is 9.99. The molecule has 180 valence electrons. The fraction of sp³-hybridized carbons (Fsp3) is 0.522. The van der Waals surface area contributed by atoms with Crippen molar-refractivity contribution in [2.75, 3.05) is 33.7 Å². The molecule has 3 rings (SSSR count). The van der Waals surface area contributed by atoms with Gasteiger partial charge in [0.25, 0.3) is 5.91 Å². The summed E-state index contributed by atoms with van der Waals surface area (Å²) < 4.78 is 13.3. The Morgan fingerprint density at radius 2 is 1.85 bits per heavy atom. The first-order chi connectivity index (χ1) is 15.6. The maximum absolute atomic E-state index is 13.3. The summed E-state index contributed by atoms with van der Waals surface area (Å²) in [6.07, 6.45) is 1.02. The predicted octanol–water partition coefficient (Wildman–Crippen LogP) is 0.448. The molecule has 1 aromatic carbocycles. The van der Waals surface area contributed by atoms with E-state index in [1.807, 2.05) is 0 Å². The molecule has 0 spiro atoms. The van der Waals surface area contributed by atoms with Crippen molar-refractivity contribution in [3.63, 3.8) is 0 Å². The third kappa shape index (κ3) is 5.17. The number of likely N-dealkylation sites (N-methyl/N-ethyl adjacent to an activating group) is 2. The lowest BCUT2D eigenvalue weighted by Crippen LogP contribution is -2.58. The average molecular weight is 462 g/mol. The van der Waals surface area contributed by atoms with E-state index in [0.717, 1.165) is 17.7 Å². The van der Waals surface area contributed by atoms with Crippen LogP contribution >= 0.6 is 0 Å². The standard InChI is InChI=1S/C23H32FN5O4/c1-4-28-22(32)19(18(30)14-27-12-6-5-7-17(27)21(31)26(2)3)20(25)29(23(28)33)13-15-8-10-16(24)11-9-15/h8-11,17,23,33H,4-7,12-14,25H2,1-3H3/t17-,23?/m1/s1. The van der Waals surface area contributed by atoms with Gasteiger partial charge in [0.05, 0.1) is 12.6 Å². The van der Waals surface area contributed by atoms with Crippen LogP contribution in [0, 0.1) is 5.82 Å². The van der Waals surface area contributed by atoms with Gasteiger partial charge in [0.2, 0.25) is 12.3 Å². The molecule has 0 aliphatic carbocycles. The highest BCUT2D eigenvalue weighted by Crippen LogP contribution is 2.26. The molecule has 1 fully saturated rings. The van der Waals surface area contributed by atoms with Crippen LogP contribution in [-0.2, 0) is 20.9 Å². The highest BCUT2D eigenvalue weighted by Gasteiger charge is 2.41. The van der Waals surface area contributed by atoms with Gasteiger partial charge in [-0.1, -0.05) is 18.6 Å². The average Bonchev–Trinajstić information content (AvgIpc) is 2.78. The van der Waals surface area contributed by atoms with Gasteiger partial charge in [0.1, 0.15) is 17.2 Å². The van der Waals surface area contributed by atoms with Crippen molar-refractivity contribution in [1.29, 1.82) is 0 Å². The SMILES string of the molecule is CCN1C(=O)C(C(=O)CN2CCCC[C@@H]2C(=O)N(C)C)=C(N)N(Cc2ccc(F)cc2)C1O. The zero-order valence-corrected chi connectivity index (χ0v) is 19.3. The van der Waals surface area contributed by atoms with Crippen LogP contribution in [0.3, 0.4) is 0 Å². The smallest absolute Gasteiger partial charge is 0.264 e. The lowest BCUT2D eigenvalue weighted by molar-refractivity contribution is -0.158. The zero-order chi connectivity index (χ0) is 24.3. The maximum Gasteiger partial charge on any atom is 0.264 e. The zero-order valence-electron chi connectivity index (χ0n) is 19.3. The van der Waals surface area contributed by atoms with Crippen LogP contribution in [0.2, 0.25) is 0 Å². The molecule has 0 radical (unpaired) electrons. The number of Topliss-reactive ketones (excluding diaryl/α,β-unsaturated/α-hetero) is 1. The first kappa shape index (κ1) is 24.7. The summed E-state index contributed by atoms with van der Waals surface area (Å²) >= 11 is 0. The van der Waals surface area contributed by atoms with E-state index in [1.54, 1.807) is 38.1 Å². The Morgan fingerprint density at radius 3 is 2.45 bits per heavy atom. The molecule has 9 nitrogen and oxygen atoms in total. The van der Waals surface area contributed by atoms with E-state index in [4.69, 9.17) is 5.73 Å². The van der Waals surface area contributed by atoms with Crippen LogP contribution in [0.5, 0.6) is 0 Å². The molecule has 1 aromatic rings. The number of hydrogen-bond acceptors (Lipinski definition) is 7. The minimum absolute atomic E-state index is 0.0806. The number of aliphatic hydroxyl groups excluding tert-OH is 1. The number of carbonyl (C=O) groups excluding carboxylic acids is 3. The van der Waals surface area contributed by atoms with Gasteiger partial charge in [-0.2, -0.15) is 0 Å². The van der Waals surface area contributed by atoms with Gasteiger partial charge in [0.15, 0.2) is 5.78 Å². The molecule has 1 saturated heterocycles. The van der Waals surface area contributed by atoms with Crippen LogP contribution in [0.1, 0.15) is 31.7 Å². The minimum atomic E-state index is -1.36. The first-order valence-corrected chi connectivity index (χ1v) is 11.1. The van der Waals surface area contributed by atoms with Gasteiger partial charge in [-0.15, -0.1) is 0 Å². The van der Waals surface area contributed by atoms with Crippen LogP contribution in [-0.4, -0.2) is 88.4 Å². The third-order valence-corrected chi connectivity index (χ3v) is 6.17. The number of ketones is 1. The van der Waals surface area contributed by atoms with Gasteiger partial charge in [-0.25, -0.2) is 4.39 Å². The Morgan fingerprint density at radius 1 is 1.18 bits per heavy atom. The van der Waals surface area contributed by atoms with Crippen LogP contribution in [0.25, 0.3) is 0 Å². The van der Waals surface area contributed by atoms with E-state index in [9.17, 15) is 23.9 Å². The van der Waals surface area contributed by atoms with Crippen LogP contribution in [0.15, 0.2) is 35.7 Å². The van der Waals surface area contributed by atoms with Crippen molar-refractivity contribution >= 4 is 17.6 Å². The summed E-state index contributed by atoms with van der Waals surface area (Å²) in [6, 6.07) is 5.25. The number of amides is 2. The second-order valence-corrected chi connectivity index (χ2v) is 8.59. The highest BCUT2D eigenvalue weighted by molar-refractivity contribution is 6.21. The summed E-state index contributed by atoms with van der Waals surface area (Å²) in [7, 11) is 3.35. The van der Waals surface area contributed by atoms with E-state index in [1.165, 1.54) is 21.9 Å². The van der Waals surface area contributed by atoms with E-state index >= 15 is 0 Å². The van der Waals surface area contributed by atoms with Crippen molar-refractivity contribution in [3.8, 4) is 0 Å². The maximum atomic E-state index is 13.3. The lowest BCUT2D eigenvalue weighted by Gasteiger charge is -2.42. The molecule has 0 saturated carbocycles. The van der Waals surface area contributed by atoms with Gasteiger partial charge in [-0.3, -0.25) is 24.2 Å². The molecule has 3 N–H and O–H groups in total. The number of aliphatic hydroxyl groups is 1. The quantitative estimate of drug-likeness (QED) is 0.567.